The monoisotopic (exact) mass is 304 g/mol. The highest BCUT2D eigenvalue weighted by Crippen LogP contribution is 2.23. The molecule has 0 atom stereocenters. The molecule has 2 rings (SSSR count). The predicted molar refractivity (Wildman–Crippen MR) is 85.9 cm³/mol. The maximum atomic E-state index is 11.1. The molecule has 0 bridgehead atoms. The molecule has 22 heavy (non-hydrogen) atoms. The van der Waals surface area contributed by atoms with Crippen molar-refractivity contribution >= 4 is 17.6 Å². The Balaban J connectivity index is 1.83. The molecule has 1 aromatic rings. The molecule has 1 aliphatic rings. The van der Waals surface area contributed by atoms with Crippen LogP contribution in [-0.2, 0) is 16.0 Å². The molecule has 1 saturated carbocycles. The zero-order valence-corrected chi connectivity index (χ0v) is 13.0. The first-order chi connectivity index (χ1) is 10.5. The van der Waals surface area contributed by atoms with E-state index in [1.807, 2.05) is 24.3 Å². The second-order valence-electron chi connectivity index (χ2n) is 5.99. The number of carboxylic acid groups (broad SMARTS) is 1. The van der Waals surface area contributed by atoms with Crippen LogP contribution in [0.2, 0.25) is 0 Å². The van der Waals surface area contributed by atoms with Crippen molar-refractivity contribution in [1.82, 2.24) is 5.32 Å². The molecule has 1 aliphatic carbocycles. The smallest absolute Gasteiger partial charge is 0.303 e. The molecular weight excluding hydrogens is 280 g/mol. The number of aliphatic carboxylic acids is 1. The topological polar surface area (TPSA) is 78.4 Å². The zero-order valence-electron chi connectivity index (χ0n) is 13.0. The molecule has 0 heterocycles. The van der Waals surface area contributed by atoms with Gasteiger partial charge in [0.2, 0.25) is 5.91 Å². The summed E-state index contributed by atoms with van der Waals surface area (Å²) in [6, 6.07) is 8.69. The van der Waals surface area contributed by atoms with Gasteiger partial charge < -0.3 is 15.7 Å². The van der Waals surface area contributed by atoms with Gasteiger partial charge in [0.25, 0.3) is 0 Å². The van der Waals surface area contributed by atoms with Gasteiger partial charge in [0, 0.05) is 31.1 Å². The maximum absolute atomic E-state index is 11.1. The van der Waals surface area contributed by atoms with Crippen molar-refractivity contribution in [2.45, 2.75) is 57.5 Å². The summed E-state index contributed by atoms with van der Waals surface area (Å²) in [5, 5.41) is 15.2. The van der Waals surface area contributed by atoms with E-state index in [1.54, 1.807) is 6.92 Å². The van der Waals surface area contributed by atoms with Crippen LogP contribution in [0.25, 0.3) is 0 Å². The predicted octanol–water partition coefficient (Wildman–Crippen LogP) is 2.56. The van der Waals surface area contributed by atoms with E-state index in [2.05, 4.69) is 10.6 Å². The minimum Gasteiger partial charge on any atom is -0.481 e. The first kappa shape index (κ1) is 16.3. The molecule has 3 N–H and O–H groups in total. The van der Waals surface area contributed by atoms with Crippen molar-refractivity contribution < 1.29 is 14.7 Å². The van der Waals surface area contributed by atoms with Gasteiger partial charge in [0.1, 0.15) is 0 Å². The largest absolute Gasteiger partial charge is 0.481 e. The molecule has 0 aliphatic heterocycles. The van der Waals surface area contributed by atoms with E-state index in [9.17, 15) is 9.59 Å². The second kappa shape index (κ2) is 7.82. The lowest BCUT2D eigenvalue weighted by atomic mass is 9.91. The van der Waals surface area contributed by atoms with Crippen LogP contribution in [0, 0.1) is 0 Å². The SMILES string of the molecule is CC(=O)NC1CCC(Nc2cccc(CCC(=O)O)c2)CC1. The van der Waals surface area contributed by atoms with E-state index in [4.69, 9.17) is 5.11 Å². The number of carboxylic acids is 1. The standard InChI is InChI=1S/C17H24N2O3/c1-12(20)18-14-6-8-15(9-7-14)19-16-4-2-3-13(11-16)5-10-17(21)22/h2-4,11,14-15,19H,5-10H2,1H3,(H,18,20)(H,21,22). The van der Waals surface area contributed by atoms with Gasteiger partial charge in [-0.3, -0.25) is 9.59 Å². The van der Waals surface area contributed by atoms with E-state index in [1.165, 1.54) is 0 Å². The third-order valence-corrected chi connectivity index (χ3v) is 4.06. The molecular formula is C17H24N2O3. The Morgan fingerprint density at radius 3 is 2.50 bits per heavy atom. The Bertz CT molecular complexity index is 522. The first-order valence-electron chi connectivity index (χ1n) is 7.87. The van der Waals surface area contributed by atoms with Gasteiger partial charge in [-0.05, 0) is 49.8 Å². The minimum atomic E-state index is -0.769. The molecule has 0 unspecified atom stereocenters. The van der Waals surface area contributed by atoms with Crippen LogP contribution in [0.15, 0.2) is 24.3 Å². The Kier molecular flexibility index (Phi) is 5.81. The van der Waals surface area contributed by atoms with E-state index in [0.717, 1.165) is 36.9 Å². The number of carbonyl (C=O) groups excluding carboxylic acids is 1. The third-order valence-electron chi connectivity index (χ3n) is 4.06. The summed E-state index contributed by atoms with van der Waals surface area (Å²) in [5.41, 5.74) is 2.09. The Hall–Kier alpha value is -2.04. The Morgan fingerprint density at radius 2 is 1.86 bits per heavy atom. The highest BCUT2D eigenvalue weighted by atomic mass is 16.4. The van der Waals surface area contributed by atoms with Crippen LogP contribution in [0.5, 0.6) is 0 Å². The number of hydrogen-bond acceptors (Lipinski definition) is 3. The summed E-state index contributed by atoms with van der Waals surface area (Å²) in [5.74, 6) is -0.725. The highest BCUT2D eigenvalue weighted by molar-refractivity contribution is 5.73. The van der Waals surface area contributed by atoms with Crippen molar-refractivity contribution in [3.8, 4) is 0 Å². The van der Waals surface area contributed by atoms with Gasteiger partial charge in [-0.1, -0.05) is 12.1 Å². The lowest BCUT2D eigenvalue weighted by Gasteiger charge is -2.30. The quantitative estimate of drug-likeness (QED) is 0.755. The molecule has 0 aromatic heterocycles. The molecule has 5 nitrogen and oxygen atoms in total. The Labute approximate surface area is 131 Å². The van der Waals surface area contributed by atoms with Crippen LogP contribution < -0.4 is 10.6 Å². The van der Waals surface area contributed by atoms with Gasteiger partial charge in [-0.25, -0.2) is 0 Å². The molecule has 0 saturated heterocycles. The fourth-order valence-corrected chi connectivity index (χ4v) is 2.97. The fraction of sp³-hybridized carbons (Fsp3) is 0.529. The maximum Gasteiger partial charge on any atom is 0.303 e. The van der Waals surface area contributed by atoms with E-state index in [-0.39, 0.29) is 12.3 Å². The first-order valence-corrected chi connectivity index (χ1v) is 7.87. The molecule has 1 aromatic carbocycles. The lowest BCUT2D eigenvalue weighted by Crippen LogP contribution is -2.39. The molecule has 1 amide bonds. The van der Waals surface area contributed by atoms with E-state index < -0.39 is 5.97 Å². The Morgan fingerprint density at radius 1 is 1.18 bits per heavy atom. The normalized spacial score (nSPS) is 21.1. The minimum absolute atomic E-state index is 0.0440. The number of aryl methyl sites for hydroxylation is 1. The van der Waals surface area contributed by atoms with E-state index >= 15 is 0 Å². The van der Waals surface area contributed by atoms with Gasteiger partial charge in [0.05, 0.1) is 0 Å². The summed E-state index contributed by atoms with van der Waals surface area (Å²) < 4.78 is 0. The van der Waals surface area contributed by atoms with Crippen molar-refractivity contribution in [3.63, 3.8) is 0 Å². The number of benzene rings is 1. The number of nitrogens with one attached hydrogen (secondary N) is 2. The lowest BCUT2D eigenvalue weighted by molar-refractivity contribution is -0.137. The van der Waals surface area contributed by atoms with Crippen LogP contribution in [0.4, 0.5) is 5.69 Å². The number of hydrogen-bond donors (Lipinski definition) is 3. The highest BCUT2D eigenvalue weighted by Gasteiger charge is 2.21. The van der Waals surface area contributed by atoms with Crippen molar-refractivity contribution in [2.24, 2.45) is 0 Å². The van der Waals surface area contributed by atoms with Crippen molar-refractivity contribution in [2.75, 3.05) is 5.32 Å². The average Bonchev–Trinajstić information content (AvgIpc) is 2.47. The summed E-state index contributed by atoms with van der Waals surface area (Å²) in [6.07, 6.45) is 4.77. The average molecular weight is 304 g/mol. The third kappa shape index (κ3) is 5.39. The van der Waals surface area contributed by atoms with E-state index in [0.29, 0.717) is 18.5 Å². The molecule has 0 spiro atoms. The number of amides is 1. The van der Waals surface area contributed by atoms with Gasteiger partial charge in [0.15, 0.2) is 0 Å². The zero-order chi connectivity index (χ0) is 15.9. The van der Waals surface area contributed by atoms with Gasteiger partial charge in [-0.15, -0.1) is 0 Å². The summed E-state index contributed by atoms with van der Waals surface area (Å²) in [4.78, 5) is 21.7. The summed E-state index contributed by atoms with van der Waals surface area (Å²) >= 11 is 0. The molecule has 0 radical (unpaired) electrons. The van der Waals surface area contributed by atoms with Crippen molar-refractivity contribution in [3.05, 3.63) is 29.8 Å². The molecule has 1 fully saturated rings. The number of rotatable bonds is 6. The van der Waals surface area contributed by atoms with Gasteiger partial charge in [-0.2, -0.15) is 0 Å². The van der Waals surface area contributed by atoms with Crippen LogP contribution in [0.3, 0.4) is 0 Å². The molecule has 5 heteroatoms. The fourth-order valence-electron chi connectivity index (χ4n) is 2.97. The van der Waals surface area contributed by atoms with Crippen LogP contribution in [0.1, 0.15) is 44.6 Å². The van der Waals surface area contributed by atoms with Crippen molar-refractivity contribution in [1.29, 1.82) is 0 Å². The van der Waals surface area contributed by atoms with Crippen LogP contribution >= 0.6 is 0 Å². The van der Waals surface area contributed by atoms with Crippen LogP contribution in [-0.4, -0.2) is 29.1 Å². The number of carbonyl (C=O) groups is 2. The summed E-state index contributed by atoms with van der Waals surface area (Å²) in [6.45, 7) is 1.56. The summed E-state index contributed by atoms with van der Waals surface area (Å²) in [7, 11) is 0. The second-order valence-corrected chi connectivity index (χ2v) is 5.99. The molecule has 120 valence electrons. The number of anilines is 1. The van der Waals surface area contributed by atoms with Gasteiger partial charge >= 0.3 is 5.97 Å².